The number of methoxy groups -OCH3 is 1. The molecule has 0 unspecified atom stereocenters. The van der Waals surface area contributed by atoms with Crippen molar-refractivity contribution in [1.29, 1.82) is 0 Å². The summed E-state index contributed by atoms with van der Waals surface area (Å²) in [6, 6.07) is 8.14. The van der Waals surface area contributed by atoms with Crippen LogP contribution in [0.3, 0.4) is 0 Å². The molecule has 0 aliphatic carbocycles. The Kier molecular flexibility index (Phi) is 4.17. The van der Waals surface area contributed by atoms with E-state index in [0.29, 0.717) is 6.61 Å². The number of ether oxygens (including phenoxy) is 1. The van der Waals surface area contributed by atoms with Crippen LogP contribution in [-0.4, -0.2) is 28.1 Å². The molecule has 3 rings (SSSR count). The Labute approximate surface area is 131 Å². The minimum Gasteiger partial charge on any atom is -0.384 e. The molecule has 0 saturated heterocycles. The van der Waals surface area contributed by atoms with Gasteiger partial charge in [-0.1, -0.05) is 18.2 Å². The highest BCUT2D eigenvalue weighted by Crippen LogP contribution is 2.24. The summed E-state index contributed by atoms with van der Waals surface area (Å²) in [5.41, 5.74) is 3.00. The molecule has 0 amide bonds. The van der Waals surface area contributed by atoms with Crippen LogP contribution in [0.1, 0.15) is 5.56 Å². The lowest BCUT2D eigenvalue weighted by molar-refractivity contribution is 0.202. The Bertz CT molecular complexity index is 756. The summed E-state index contributed by atoms with van der Waals surface area (Å²) < 4.78 is 7.84. The molecule has 0 fully saturated rings. The van der Waals surface area contributed by atoms with Crippen molar-refractivity contribution in [2.45, 2.75) is 6.42 Å². The van der Waals surface area contributed by atoms with Crippen molar-refractivity contribution in [1.82, 2.24) is 14.4 Å². The van der Waals surface area contributed by atoms with Crippen LogP contribution in [0.25, 0.3) is 5.65 Å². The zero-order valence-corrected chi connectivity index (χ0v) is 13.2. The van der Waals surface area contributed by atoms with Gasteiger partial charge in [-0.2, -0.15) is 0 Å². The van der Waals surface area contributed by atoms with Crippen LogP contribution >= 0.6 is 15.9 Å². The first-order valence-electron chi connectivity index (χ1n) is 6.61. The standard InChI is InChI=1S/C15H15BrN4O/c1-21-9-6-11-4-2-3-5-12(11)18-14-15-17-7-8-20(15)10-13(16)19-14/h2-5,7-8,10H,6,9H2,1H3,(H,18,19). The number of aromatic nitrogens is 3. The highest BCUT2D eigenvalue weighted by atomic mass is 79.9. The smallest absolute Gasteiger partial charge is 0.180 e. The molecule has 0 aliphatic rings. The van der Waals surface area contributed by atoms with Gasteiger partial charge >= 0.3 is 0 Å². The first-order chi connectivity index (χ1) is 10.3. The van der Waals surface area contributed by atoms with Gasteiger partial charge in [0.2, 0.25) is 0 Å². The minimum atomic E-state index is 0.684. The monoisotopic (exact) mass is 346 g/mol. The van der Waals surface area contributed by atoms with E-state index in [4.69, 9.17) is 4.74 Å². The van der Waals surface area contributed by atoms with Crippen LogP contribution in [0, 0.1) is 0 Å². The first kappa shape index (κ1) is 14.0. The van der Waals surface area contributed by atoms with Crippen molar-refractivity contribution in [3.63, 3.8) is 0 Å². The Morgan fingerprint density at radius 3 is 3.05 bits per heavy atom. The van der Waals surface area contributed by atoms with Gasteiger partial charge in [-0.15, -0.1) is 0 Å². The highest BCUT2D eigenvalue weighted by Gasteiger charge is 2.09. The number of nitrogens with zero attached hydrogens (tertiary/aromatic N) is 3. The van der Waals surface area contributed by atoms with E-state index in [1.807, 2.05) is 35.0 Å². The molecule has 0 atom stereocenters. The number of hydrogen-bond donors (Lipinski definition) is 1. The number of rotatable bonds is 5. The molecule has 0 aliphatic heterocycles. The largest absolute Gasteiger partial charge is 0.384 e. The van der Waals surface area contributed by atoms with Gasteiger partial charge < -0.3 is 14.5 Å². The zero-order valence-electron chi connectivity index (χ0n) is 11.6. The third-order valence-corrected chi connectivity index (χ3v) is 3.57. The molecule has 5 nitrogen and oxygen atoms in total. The average Bonchev–Trinajstić information content (AvgIpc) is 2.94. The fourth-order valence-corrected chi connectivity index (χ4v) is 2.58. The van der Waals surface area contributed by atoms with Crippen LogP contribution in [0.4, 0.5) is 11.5 Å². The molecule has 1 aromatic carbocycles. The van der Waals surface area contributed by atoms with Crippen LogP contribution in [-0.2, 0) is 11.2 Å². The summed E-state index contributed by atoms with van der Waals surface area (Å²) in [6.07, 6.45) is 6.37. The number of imidazole rings is 1. The van der Waals surface area contributed by atoms with Crippen molar-refractivity contribution in [2.75, 3.05) is 19.0 Å². The van der Waals surface area contributed by atoms with Crippen LogP contribution in [0.5, 0.6) is 0 Å². The predicted molar refractivity (Wildman–Crippen MR) is 86.0 cm³/mol. The summed E-state index contributed by atoms with van der Waals surface area (Å²) in [4.78, 5) is 8.82. The van der Waals surface area contributed by atoms with Gasteiger partial charge in [0.25, 0.3) is 0 Å². The van der Waals surface area contributed by atoms with Gasteiger partial charge in [0.15, 0.2) is 11.5 Å². The van der Waals surface area contributed by atoms with Crippen LogP contribution in [0.15, 0.2) is 47.5 Å². The molecule has 6 heteroatoms. The van der Waals surface area contributed by atoms with E-state index in [1.165, 1.54) is 5.56 Å². The number of para-hydroxylation sites is 1. The summed E-state index contributed by atoms with van der Waals surface area (Å²) >= 11 is 3.42. The SMILES string of the molecule is COCCc1ccccc1Nc1nc(Br)cn2ccnc12. The molecule has 0 radical (unpaired) electrons. The van der Waals surface area contributed by atoms with E-state index in [0.717, 1.165) is 28.2 Å². The van der Waals surface area contributed by atoms with Gasteiger partial charge in [-0.3, -0.25) is 0 Å². The molecule has 2 aromatic heterocycles. The van der Waals surface area contributed by atoms with Crippen LogP contribution in [0.2, 0.25) is 0 Å². The lowest BCUT2D eigenvalue weighted by Crippen LogP contribution is -2.03. The molecule has 21 heavy (non-hydrogen) atoms. The maximum atomic E-state index is 5.16. The van der Waals surface area contributed by atoms with E-state index in [1.54, 1.807) is 13.3 Å². The summed E-state index contributed by atoms with van der Waals surface area (Å²) in [6.45, 7) is 0.684. The number of halogens is 1. The lowest BCUT2D eigenvalue weighted by atomic mass is 10.1. The van der Waals surface area contributed by atoms with Crippen molar-refractivity contribution in [3.8, 4) is 0 Å². The number of hydrogen-bond acceptors (Lipinski definition) is 4. The second-order valence-corrected chi connectivity index (χ2v) is 5.41. The normalized spacial score (nSPS) is 11.0. The number of anilines is 2. The molecule has 0 saturated carbocycles. The van der Waals surface area contributed by atoms with Gasteiger partial charge in [0.1, 0.15) is 4.60 Å². The lowest BCUT2D eigenvalue weighted by Gasteiger charge is -2.12. The predicted octanol–water partition coefficient (Wildman–Crippen LogP) is 3.42. The van der Waals surface area contributed by atoms with E-state index < -0.39 is 0 Å². The molecule has 3 aromatic rings. The second-order valence-electron chi connectivity index (χ2n) is 4.60. The van der Waals surface area contributed by atoms with E-state index in [9.17, 15) is 0 Å². The van der Waals surface area contributed by atoms with Gasteiger partial charge in [0.05, 0.1) is 6.61 Å². The molecular weight excluding hydrogens is 332 g/mol. The zero-order chi connectivity index (χ0) is 14.7. The molecule has 2 heterocycles. The highest BCUT2D eigenvalue weighted by molar-refractivity contribution is 9.10. The quantitative estimate of drug-likeness (QED) is 0.768. The summed E-state index contributed by atoms with van der Waals surface area (Å²) in [5, 5.41) is 3.37. The van der Waals surface area contributed by atoms with E-state index >= 15 is 0 Å². The number of fused-ring (bicyclic) bond motifs is 1. The molecule has 108 valence electrons. The van der Waals surface area contributed by atoms with Crippen molar-refractivity contribution >= 4 is 33.1 Å². The summed E-state index contributed by atoms with van der Waals surface area (Å²) in [5.74, 6) is 0.722. The van der Waals surface area contributed by atoms with E-state index in [-0.39, 0.29) is 0 Å². The van der Waals surface area contributed by atoms with Crippen molar-refractivity contribution < 1.29 is 4.74 Å². The third-order valence-electron chi connectivity index (χ3n) is 3.19. The summed E-state index contributed by atoms with van der Waals surface area (Å²) in [7, 11) is 1.71. The minimum absolute atomic E-state index is 0.684. The first-order valence-corrected chi connectivity index (χ1v) is 7.40. The number of benzene rings is 1. The van der Waals surface area contributed by atoms with Crippen molar-refractivity contribution in [3.05, 3.63) is 53.0 Å². The molecule has 0 bridgehead atoms. The topological polar surface area (TPSA) is 51.5 Å². The maximum Gasteiger partial charge on any atom is 0.180 e. The number of nitrogens with one attached hydrogen (secondary N) is 1. The van der Waals surface area contributed by atoms with Gasteiger partial charge in [-0.05, 0) is 34.0 Å². The Hall–Kier alpha value is -1.92. The molecular formula is C15H15BrN4O. The Morgan fingerprint density at radius 2 is 2.19 bits per heavy atom. The third kappa shape index (κ3) is 3.06. The van der Waals surface area contributed by atoms with Crippen LogP contribution < -0.4 is 5.32 Å². The second kappa shape index (κ2) is 6.24. The fraction of sp³-hybridized carbons (Fsp3) is 0.200. The average molecular weight is 347 g/mol. The fourth-order valence-electron chi connectivity index (χ4n) is 2.18. The van der Waals surface area contributed by atoms with Gasteiger partial charge in [0, 0.05) is 31.4 Å². The van der Waals surface area contributed by atoms with E-state index in [2.05, 4.69) is 37.3 Å². The molecule has 1 N–H and O–H groups in total. The van der Waals surface area contributed by atoms with Gasteiger partial charge in [-0.25, -0.2) is 9.97 Å². The maximum absolute atomic E-state index is 5.16. The molecule has 0 spiro atoms. The Morgan fingerprint density at radius 1 is 1.33 bits per heavy atom. The van der Waals surface area contributed by atoms with Crippen molar-refractivity contribution in [2.24, 2.45) is 0 Å². The Balaban J connectivity index is 1.97.